The number of carboxylic acids is 1. The first kappa shape index (κ1) is 110. The zero-order chi connectivity index (χ0) is 85.2. The molecule has 24 heteroatoms. The van der Waals surface area contributed by atoms with Crippen LogP contribution in [0.1, 0.15) is 235 Å². The molecule has 0 aliphatic carbocycles. The lowest BCUT2D eigenvalue weighted by Gasteiger charge is -2.32. The number of hydrogen-bond donors (Lipinski definition) is 10. The number of ether oxygens (including phenoxy) is 4. The molecule has 0 aromatic carbocycles. The van der Waals surface area contributed by atoms with Gasteiger partial charge in [-0.1, -0.05) is 145 Å². The topological polar surface area (TPSA) is 286 Å². The van der Waals surface area contributed by atoms with E-state index in [0.717, 1.165) is 223 Å². The number of carbonyl (C=O) groups excluding carboxylic acids is 3. The number of aliphatic hydroxyl groups excluding tert-OH is 4. The highest BCUT2D eigenvalue weighted by atomic mass is 16.5. The van der Waals surface area contributed by atoms with Crippen molar-refractivity contribution in [2.75, 3.05) is 204 Å². The van der Waals surface area contributed by atoms with Crippen molar-refractivity contribution in [3.63, 3.8) is 0 Å². The van der Waals surface area contributed by atoms with E-state index < -0.39 is 12.6 Å². The van der Waals surface area contributed by atoms with Gasteiger partial charge in [0.25, 0.3) is 0 Å². The van der Waals surface area contributed by atoms with Crippen molar-refractivity contribution in [2.45, 2.75) is 272 Å². The first-order valence-corrected chi connectivity index (χ1v) is 45.1. The molecule has 4 atom stereocenters. The zero-order valence-corrected chi connectivity index (χ0v) is 76.8. The predicted octanol–water partition coefficient (Wildman–Crippen LogP) is 10.2. The van der Waals surface area contributed by atoms with Gasteiger partial charge in [-0.15, -0.1) is 0 Å². The first-order valence-electron chi connectivity index (χ1n) is 45.1. The summed E-state index contributed by atoms with van der Waals surface area (Å²) in [7, 11) is 1.82. The van der Waals surface area contributed by atoms with Crippen molar-refractivity contribution >= 4 is 23.7 Å². The van der Waals surface area contributed by atoms with Gasteiger partial charge < -0.3 is 85.8 Å². The third-order valence-electron chi connectivity index (χ3n) is 21.5. The Morgan fingerprint density at radius 3 is 1.41 bits per heavy atom. The second-order valence-corrected chi connectivity index (χ2v) is 37.5. The van der Waals surface area contributed by atoms with Crippen LogP contribution in [0.25, 0.3) is 0 Å². The number of aliphatic carboxylic acids is 1. The summed E-state index contributed by atoms with van der Waals surface area (Å²) in [6, 6.07) is 2.40. The van der Waals surface area contributed by atoms with Crippen LogP contribution < -0.4 is 26.6 Å². The number of nitrogens with zero attached hydrogens (tertiary/aromatic N) is 6. The van der Waals surface area contributed by atoms with Crippen LogP contribution in [0.2, 0.25) is 0 Å². The lowest BCUT2D eigenvalue weighted by atomic mass is 9.89. The molecule has 9 aliphatic rings. The van der Waals surface area contributed by atoms with Crippen LogP contribution in [-0.2, 0) is 38.1 Å². The molecule has 9 aliphatic heterocycles. The van der Waals surface area contributed by atoms with E-state index in [-0.39, 0.29) is 50.1 Å². The van der Waals surface area contributed by atoms with Gasteiger partial charge in [-0.05, 0) is 200 Å². The van der Waals surface area contributed by atoms with Gasteiger partial charge in [0.2, 0.25) is 17.7 Å². The van der Waals surface area contributed by atoms with Gasteiger partial charge in [0.1, 0.15) is 19.8 Å². The Balaban J connectivity index is 0.00000125. The molecule has 0 saturated carbocycles. The second kappa shape index (κ2) is 68.0. The Labute approximate surface area is 692 Å². The third-order valence-corrected chi connectivity index (χ3v) is 21.5. The Kier molecular flexibility index (Phi) is 66.3. The van der Waals surface area contributed by atoms with E-state index in [1.807, 2.05) is 16.9 Å². The maximum absolute atomic E-state index is 11.5. The number of piperidine rings is 2. The van der Waals surface area contributed by atoms with Crippen molar-refractivity contribution in [3.05, 3.63) is 0 Å². The fourth-order valence-electron chi connectivity index (χ4n) is 14.8. The molecule has 9 fully saturated rings. The van der Waals surface area contributed by atoms with E-state index in [9.17, 15) is 19.2 Å². The summed E-state index contributed by atoms with van der Waals surface area (Å²) in [5.41, 5.74) is 0. The Morgan fingerprint density at radius 1 is 0.513 bits per heavy atom. The molecular formula is C89H183N11O13. The number of amides is 3. The van der Waals surface area contributed by atoms with Crippen LogP contribution in [0.3, 0.4) is 0 Å². The summed E-state index contributed by atoms with van der Waals surface area (Å²) in [5.74, 6) is 8.80. The van der Waals surface area contributed by atoms with Gasteiger partial charge in [-0.25, -0.2) is 0 Å². The molecule has 9 rings (SSSR count). The number of β-amino-alcohol motifs (C(OH)–C–C–N with tert-alkyl or cyclic N) is 1. The summed E-state index contributed by atoms with van der Waals surface area (Å²) < 4.78 is 20.8. The second-order valence-electron chi connectivity index (χ2n) is 37.5. The summed E-state index contributed by atoms with van der Waals surface area (Å²) in [4.78, 5) is 56.9. The summed E-state index contributed by atoms with van der Waals surface area (Å²) in [5, 5.41) is 60.0. The van der Waals surface area contributed by atoms with E-state index in [1.165, 1.54) is 77.4 Å². The van der Waals surface area contributed by atoms with Gasteiger partial charge in [0.15, 0.2) is 0 Å². The average Bonchev–Trinajstić information content (AvgIpc) is 1.89. The zero-order valence-electron chi connectivity index (χ0n) is 76.8. The Morgan fingerprint density at radius 2 is 1.01 bits per heavy atom. The molecular weight excluding hydrogens is 1430 g/mol. The van der Waals surface area contributed by atoms with Crippen LogP contribution in [0.15, 0.2) is 0 Å². The maximum atomic E-state index is 11.5. The van der Waals surface area contributed by atoms with Crippen molar-refractivity contribution < 1.29 is 63.7 Å². The quantitative estimate of drug-likeness (QED) is 0.0320. The van der Waals surface area contributed by atoms with Gasteiger partial charge >= 0.3 is 5.97 Å². The van der Waals surface area contributed by atoms with E-state index in [1.54, 1.807) is 4.90 Å². The smallest absolute Gasteiger partial charge is 0.317 e. The van der Waals surface area contributed by atoms with Gasteiger partial charge in [-0.2, -0.15) is 0 Å². The van der Waals surface area contributed by atoms with Gasteiger partial charge in [0.05, 0.1) is 32.5 Å². The fourth-order valence-corrected chi connectivity index (χ4v) is 14.8. The van der Waals surface area contributed by atoms with Crippen LogP contribution >= 0.6 is 0 Å². The number of hydrogen-bond acceptors (Lipinski definition) is 20. The molecule has 0 aromatic rings. The van der Waals surface area contributed by atoms with Gasteiger partial charge in [-0.3, -0.25) is 33.9 Å². The number of aliphatic hydroxyl groups is 4. The monoisotopic (exact) mass is 1610 g/mol. The molecule has 113 heavy (non-hydrogen) atoms. The van der Waals surface area contributed by atoms with Crippen LogP contribution in [0.5, 0.6) is 0 Å². The predicted molar refractivity (Wildman–Crippen MR) is 466 cm³/mol. The summed E-state index contributed by atoms with van der Waals surface area (Å²) >= 11 is 0. The molecule has 0 aromatic heterocycles. The number of likely N-dealkylation sites (tertiary alicyclic amines) is 5. The van der Waals surface area contributed by atoms with E-state index in [0.29, 0.717) is 60.5 Å². The van der Waals surface area contributed by atoms with E-state index in [4.69, 9.17) is 44.5 Å². The third kappa shape index (κ3) is 59.6. The Bertz CT molecular complexity index is 2230. The SMILES string of the molecule is CC(C)C.CC(C)C1CCOCC1.CC(C)C1COC1.CC(C)CC1CCOCC1.CC(C)CN(C(=O)CO)[C@@H]1CCNC1.CC(C)CN1CCC[C@H]1CNC(=O)CO.CC(C)CNC1CCN(C(=O)CO)CC1.CC(C)CN[C@@H]1CCN(CC(=O)O)C1.CC(C)CN[C@@H]1CCN(CCO)C1.COC1CCN(CC(C)C)CC1. The maximum Gasteiger partial charge on any atom is 0.317 e. The molecule has 672 valence electrons. The number of carboxylic acid groups (broad SMARTS) is 1. The number of nitrogens with one attached hydrogen (secondary N) is 5. The highest BCUT2D eigenvalue weighted by molar-refractivity contribution is 5.78. The van der Waals surface area contributed by atoms with Crippen molar-refractivity contribution in [2.24, 2.45) is 76.9 Å². The first-order chi connectivity index (χ1) is 53.6. The molecule has 9 heterocycles. The normalized spacial score (nSPS) is 21.6. The van der Waals surface area contributed by atoms with Crippen LogP contribution in [0.4, 0.5) is 0 Å². The van der Waals surface area contributed by atoms with Crippen molar-refractivity contribution in [1.82, 2.24) is 56.0 Å². The highest BCUT2D eigenvalue weighted by Crippen LogP contribution is 2.25. The highest BCUT2D eigenvalue weighted by Gasteiger charge is 2.30. The molecule has 9 saturated heterocycles. The lowest BCUT2D eigenvalue weighted by molar-refractivity contribution is -0.138. The van der Waals surface area contributed by atoms with Crippen molar-refractivity contribution in [1.29, 1.82) is 0 Å². The molecule has 0 bridgehead atoms. The minimum atomic E-state index is -0.727. The minimum Gasteiger partial charge on any atom is -0.480 e. The largest absolute Gasteiger partial charge is 0.480 e. The summed E-state index contributed by atoms with van der Waals surface area (Å²) in [6.07, 6.45) is 17.1. The van der Waals surface area contributed by atoms with Gasteiger partial charge in [0, 0.05) is 155 Å². The van der Waals surface area contributed by atoms with E-state index >= 15 is 0 Å². The molecule has 10 N–H and O–H groups in total. The molecule has 0 spiro atoms. The standard InChI is InChI=1S/2C11H22N2O2.2C10H20N2O2.C10H22N2O.C10H21NO.C9H18O.C8H16O.C6H12O.C4H10/c1-9(2)7-12-10-3-5-13(6-4-10)11(15)8-14;1-9(2)7-13-5-3-4-10(13)6-12-11(15)8-14;1-8(2)6-12(10(14)7-13)9-3-4-11-5-9;1-8(2)5-11-9-3-4-12(6-9)7-10(13)14;1-9(2)7-11-10-3-4-12(8-10)5-6-13;1-9(2)8-11-6-4-10(12-3)5-7-11;1-8(2)7-9-3-5-10-6-4-9;1-7(2)8-3-5-9-6-4-8;1-5(2)6-3-7-4-6;1-4(2)3/h9-10,12,14H,3-8H2,1-2H3;9-10,14H,3-8H2,1-2H3,(H,12,15);8-9,11,13H,3-7H2,1-2H3;8-9,11H,3-7H2,1-2H3,(H,13,14);9-11,13H,3-8H2,1-2H3;9-10H,4-8H2,1-3H3;8-9H,3-7H2,1-2H3;7-8H,3-6H2,1-2H3;5-6H,3-4H2,1-2H3;4H,1-3H3/t;10-;2*9-;10-;;;;;/m.0111...../s1. The molecule has 0 radical (unpaired) electrons. The number of methoxy groups -OCH3 is 1. The minimum absolute atomic E-state index is 0.141. The van der Waals surface area contributed by atoms with Crippen molar-refractivity contribution in [3.8, 4) is 0 Å². The fraction of sp³-hybridized carbons (Fsp3) is 0.955. The van der Waals surface area contributed by atoms with Crippen LogP contribution in [-0.4, -0.2) is 319 Å². The summed E-state index contributed by atoms with van der Waals surface area (Å²) in [6.45, 7) is 70.6. The lowest BCUT2D eigenvalue weighted by Crippen LogP contribution is -2.46. The molecule has 3 amide bonds. The number of rotatable bonds is 30. The number of carbonyl (C=O) groups is 4. The molecule has 0 unspecified atom stereocenters. The van der Waals surface area contributed by atoms with E-state index in [2.05, 4.69) is 187 Å². The van der Waals surface area contributed by atoms with Crippen LogP contribution in [0, 0.1) is 76.9 Å². The molecule has 24 nitrogen and oxygen atoms in total. The average molecular weight is 1620 g/mol. The Hall–Kier alpha value is -2.76.